The summed E-state index contributed by atoms with van der Waals surface area (Å²) < 4.78 is 50.2. The Morgan fingerprint density at radius 3 is 2.50 bits per heavy atom. The fourth-order valence-corrected chi connectivity index (χ4v) is 4.35. The smallest absolute Gasteiger partial charge is 0.331 e. The third-order valence-electron chi connectivity index (χ3n) is 4.68. The summed E-state index contributed by atoms with van der Waals surface area (Å²) in [5.74, 6) is -2.65. The highest BCUT2D eigenvalue weighted by Crippen LogP contribution is 2.21. The fourth-order valence-electron chi connectivity index (χ4n) is 2.94. The minimum absolute atomic E-state index is 0.110. The topological polar surface area (TPSA) is 145 Å². The van der Waals surface area contributed by atoms with Gasteiger partial charge in [0.2, 0.25) is 10.0 Å². The van der Waals surface area contributed by atoms with Crippen molar-refractivity contribution in [2.45, 2.75) is 4.90 Å². The van der Waals surface area contributed by atoms with Gasteiger partial charge in [-0.15, -0.1) is 0 Å². The average Bonchev–Trinajstić information content (AvgIpc) is 2.83. The van der Waals surface area contributed by atoms with Crippen LogP contribution in [0.5, 0.6) is 0 Å². The Morgan fingerprint density at radius 1 is 1.18 bits per heavy atom. The van der Waals surface area contributed by atoms with Crippen molar-refractivity contribution >= 4 is 39.4 Å². The van der Waals surface area contributed by atoms with Gasteiger partial charge in [0.25, 0.3) is 11.6 Å². The summed E-state index contributed by atoms with van der Waals surface area (Å²) in [4.78, 5) is 33.8. The van der Waals surface area contributed by atoms with E-state index in [9.17, 15) is 32.5 Å². The Morgan fingerprint density at radius 2 is 1.85 bits per heavy atom. The molecule has 1 N–H and O–H groups in total. The molecule has 0 aliphatic carbocycles. The monoisotopic (exact) mass is 493 g/mol. The van der Waals surface area contributed by atoms with E-state index < -0.39 is 50.6 Å². The molecule has 34 heavy (non-hydrogen) atoms. The zero-order valence-electron chi connectivity index (χ0n) is 17.7. The van der Waals surface area contributed by atoms with Crippen molar-refractivity contribution in [1.29, 1.82) is 0 Å². The lowest BCUT2D eigenvalue weighted by atomic mass is 10.2. The minimum atomic E-state index is -3.64. The lowest BCUT2D eigenvalue weighted by Gasteiger charge is -2.26. The summed E-state index contributed by atoms with van der Waals surface area (Å²) in [7, 11) is -3.64. The second kappa shape index (κ2) is 11.0. The molecule has 1 amide bonds. The number of halogens is 1. The Hall–Kier alpha value is -3.68. The number of non-ortho nitro benzene ring substituents is 1. The number of nitro benzene ring substituents is 1. The first-order valence-electron chi connectivity index (χ1n) is 9.93. The van der Waals surface area contributed by atoms with Crippen LogP contribution in [0.1, 0.15) is 5.56 Å². The van der Waals surface area contributed by atoms with Crippen LogP contribution >= 0.6 is 0 Å². The van der Waals surface area contributed by atoms with Crippen LogP contribution in [-0.4, -0.2) is 62.4 Å². The van der Waals surface area contributed by atoms with Crippen molar-refractivity contribution in [3.8, 4) is 0 Å². The number of benzene rings is 2. The van der Waals surface area contributed by atoms with E-state index in [0.29, 0.717) is 18.8 Å². The van der Waals surface area contributed by atoms with Crippen LogP contribution in [0.25, 0.3) is 6.08 Å². The molecule has 180 valence electrons. The molecule has 11 nitrogen and oxygen atoms in total. The highest BCUT2D eigenvalue weighted by atomic mass is 32.2. The molecule has 1 aliphatic rings. The number of hydrogen-bond acceptors (Lipinski definition) is 8. The molecule has 1 aliphatic heterocycles. The predicted octanol–water partition coefficient (Wildman–Crippen LogP) is 1.95. The molecule has 2 aromatic carbocycles. The number of esters is 1. The quantitative estimate of drug-likeness (QED) is 0.254. The molecule has 0 spiro atoms. The summed E-state index contributed by atoms with van der Waals surface area (Å²) in [6.07, 6.45) is 2.40. The zero-order valence-corrected chi connectivity index (χ0v) is 18.5. The molecule has 0 unspecified atom stereocenters. The van der Waals surface area contributed by atoms with Gasteiger partial charge in [-0.3, -0.25) is 14.9 Å². The van der Waals surface area contributed by atoms with Gasteiger partial charge in [-0.2, -0.15) is 4.31 Å². The minimum Gasteiger partial charge on any atom is -0.452 e. The van der Waals surface area contributed by atoms with Gasteiger partial charge in [0.05, 0.1) is 28.7 Å². The number of morpholine rings is 1. The number of carbonyl (C=O) groups excluding carboxylic acids is 2. The third kappa shape index (κ3) is 6.43. The van der Waals surface area contributed by atoms with E-state index in [4.69, 9.17) is 9.47 Å². The third-order valence-corrected chi connectivity index (χ3v) is 6.59. The van der Waals surface area contributed by atoms with E-state index in [-0.39, 0.29) is 18.0 Å². The number of sulfonamides is 1. The van der Waals surface area contributed by atoms with Gasteiger partial charge in [0, 0.05) is 31.3 Å². The highest BCUT2D eigenvalue weighted by molar-refractivity contribution is 7.89. The molecule has 1 fully saturated rings. The number of hydrogen-bond donors (Lipinski definition) is 1. The van der Waals surface area contributed by atoms with E-state index in [1.54, 1.807) is 0 Å². The Balaban J connectivity index is 1.52. The van der Waals surface area contributed by atoms with Crippen LogP contribution in [0.3, 0.4) is 0 Å². The Labute approximate surface area is 194 Å². The first-order valence-corrected chi connectivity index (χ1v) is 11.4. The fraction of sp³-hybridized carbons (Fsp3) is 0.238. The summed E-state index contributed by atoms with van der Waals surface area (Å²) in [6, 6.07) is 8.47. The second-order valence-electron chi connectivity index (χ2n) is 7.00. The van der Waals surface area contributed by atoms with Gasteiger partial charge in [-0.05, 0) is 29.8 Å². The molecule has 0 atom stereocenters. The highest BCUT2D eigenvalue weighted by Gasteiger charge is 2.26. The molecule has 0 aromatic heterocycles. The molecular formula is C21H20FN3O8S. The summed E-state index contributed by atoms with van der Waals surface area (Å²) in [6.45, 7) is 0.469. The van der Waals surface area contributed by atoms with E-state index >= 15 is 0 Å². The van der Waals surface area contributed by atoms with Crippen molar-refractivity contribution in [2.75, 3.05) is 38.2 Å². The molecule has 2 aromatic rings. The molecule has 1 saturated heterocycles. The number of nitro groups is 1. The van der Waals surface area contributed by atoms with Crippen LogP contribution < -0.4 is 5.32 Å². The number of ether oxygens (including phenoxy) is 2. The van der Waals surface area contributed by atoms with Gasteiger partial charge < -0.3 is 14.8 Å². The summed E-state index contributed by atoms with van der Waals surface area (Å²) in [5.41, 5.74) is -0.320. The van der Waals surface area contributed by atoms with Gasteiger partial charge in [-0.1, -0.05) is 12.1 Å². The largest absolute Gasteiger partial charge is 0.452 e. The normalized spacial score (nSPS) is 14.6. The molecule has 3 rings (SSSR count). The standard InChI is InChI=1S/C21H20FN3O8S/c22-18-7-4-16(25(28)29)13-19(18)23-20(26)14-33-21(27)8-3-15-1-5-17(6-2-15)34(30,31)24-9-11-32-12-10-24/h1-8,13H,9-12,14H2,(H,23,26). The molecule has 0 saturated carbocycles. The predicted molar refractivity (Wildman–Crippen MR) is 118 cm³/mol. The number of anilines is 1. The van der Waals surface area contributed by atoms with Gasteiger partial charge in [-0.25, -0.2) is 17.6 Å². The molecule has 0 radical (unpaired) electrons. The van der Waals surface area contributed by atoms with E-state index in [1.807, 2.05) is 0 Å². The van der Waals surface area contributed by atoms with Crippen molar-refractivity contribution in [1.82, 2.24) is 4.31 Å². The van der Waals surface area contributed by atoms with E-state index in [2.05, 4.69) is 5.32 Å². The maximum Gasteiger partial charge on any atom is 0.331 e. The van der Waals surface area contributed by atoms with Crippen LogP contribution in [0.2, 0.25) is 0 Å². The number of carbonyl (C=O) groups is 2. The lowest BCUT2D eigenvalue weighted by Crippen LogP contribution is -2.40. The van der Waals surface area contributed by atoms with Crippen LogP contribution in [0.15, 0.2) is 53.4 Å². The van der Waals surface area contributed by atoms with Gasteiger partial charge in [0.15, 0.2) is 6.61 Å². The summed E-state index contributed by atoms with van der Waals surface area (Å²) >= 11 is 0. The average molecular weight is 493 g/mol. The van der Waals surface area contributed by atoms with E-state index in [0.717, 1.165) is 24.3 Å². The first kappa shape index (κ1) is 25.0. The van der Waals surface area contributed by atoms with E-state index in [1.165, 1.54) is 34.6 Å². The molecular weight excluding hydrogens is 473 g/mol. The van der Waals surface area contributed by atoms with Crippen LogP contribution in [0.4, 0.5) is 15.8 Å². The summed E-state index contributed by atoms with van der Waals surface area (Å²) in [5, 5.41) is 12.8. The van der Waals surface area contributed by atoms with Crippen molar-refractivity contribution in [2.24, 2.45) is 0 Å². The molecule has 1 heterocycles. The number of rotatable bonds is 8. The van der Waals surface area contributed by atoms with Crippen LogP contribution in [-0.2, 0) is 29.1 Å². The van der Waals surface area contributed by atoms with Crippen LogP contribution in [0, 0.1) is 15.9 Å². The zero-order chi connectivity index (χ0) is 24.7. The molecule has 0 bridgehead atoms. The maximum atomic E-state index is 13.7. The van der Waals surface area contributed by atoms with Gasteiger partial charge in [0.1, 0.15) is 5.82 Å². The number of amides is 1. The number of nitrogens with one attached hydrogen (secondary N) is 1. The number of nitrogens with zero attached hydrogens (tertiary/aromatic N) is 2. The van der Waals surface area contributed by atoms with Crippen molar-refractivity contribution < 1.29 is 36.8 Å². The Bertz CT molecular complexity index is 1210. The van der Waals surface area contributed by atoms with Crippen molar-refractivity contribution in [3.63, 3.8) is 0 Å². The SMILES string of the molecule is O=C(COC(=O)C=Cc1ccc(S(=O)(=O)N2CCOCC2)cc1)Nc1cc([N+](=O)[O-])ccc1F. The van der Waals surface area contributed by atoms with Crippen molar-refractivity contribution in [3.05, 3.63) is 70.0 Å². The molecule has 13 heteroatoms. The Kier molecular flexibility index (Phi) is 8.04. The second-order valence-corrected chi connectivity index (χ2v) is 8.93. The lowest BCUT2D eigenvalue weighted by molar-refractivity contribution is -0.384. The maximum absolute atomic E-state index is 13.7. The first-order chi connectivity index (χ1) is 16.2. The van der Waals surface area contributed by atoms with Gasteiger partial charge >= 0.3 is 5.97 Å².